The lowest BCUT2D eigenvalue weighted by molar-refractivity contribution is 0.0944. The van der Waals surface area contributed by atoms with E-state index in [9.17, 15) is 4.79 Å². The molecule has 3 N–H and O–H groups in total. The van der Waals surface area contributed by atoms with Gasteiger partial charge in [0.05, 0.1) is 29.7 Å². The summed E-state index contributed by atoms with van der Waals surface area (Å²) in [6.45, 7) is 6.55. The van der Waals surface area contributed by atoms with E-state index >= 15 is 0 Å². The molecule has 2 fully saturated rings. The van der Waals surface area contributed by atoms with Crippen molar-refractivity contribution < 1.29 is 9.53 Å². The van der Waals surface area contributed by atoms with E-state index < -0.39 is 0 Å². The van der Waals surface area contributed by atoms with Gasteiger partial charge in [0, 0.05) is 25.7 Å². The predicted octanol–water partition coefficient (Wildman–Crippen LogP) is 2.37. The van der Waals surface area contributed by atoms with Gasteiger partial charge in [0.1, 0.15) is 10.6 Å². The number of hydrogen-bond acceptors (Lipinski definition) is 9. The minimum Gasteiger partial charge on any atom is -0.378 e. The number of fused-ring (bicyclic) bond motifs is 1. The van der Waals surface area contributed by atoms with Gasteiger partial charge in [0.25, 0.3) is 5.91 Å². The van der Waals surface area contributed by atoms with Crippen LogP contribution in [0.3, 0.4) is 0 Å². The number of anilines is 2. The van der Waals surface area contributed by atoms with E-state index in [0.29, 0.717) is 24.0 Å². The average Bonchev–Trinajstić information content (AvgIpc) is 3.49. The number of thiophene rings is 1. The lowest BCUT2D eigenvalue weighted by Crippen LogP contribution is -2.37. The smallest absolute Gasteiger partial charge is 0.261 e. The van der Waals surface area contributed by atoms with Gasteiger partial charge in [0.15, 0.2) is 0 Å². The minimum absolute atomic E-state index is 0.0633. The molecule has 2 aliphatic heterocycles. The Morgan fingerprint density at radius 1 is 1.30 bits per heavy atom. The molecule has 1 unspecified atom stereocenters. The fourth-order valence-electron chi connectivity index (χ4n) is 4.03. The third-order valence-corrected chi connectivity index (χ3v) is 6.75. The molecule has 2 saturated heterocycles. The molecular weight excluding hydrogens is 438 g/mol. The van der Waals surface area contributed by atoms with Crippen LogP contribution in [0.4, 0.5) is 11.8 Å². The van der Waals surface area contributed by atoms with Crippen LogP contribution < -0.4 is 21.0 Å². The highest BCUT2D eigenvalue weighted by Crippen LogP contribution is 2.32. The van der Waals surface area contributed by atoms with Gasteiger partial charge < -0.3 is 20.3 Å². The zero-order valence-corrected chi connectivity index (χ0v) is 19.3. The molecule has 2 aliphatic rings. The molecule has 0 saturated carbocycles. The van der Waals surface area contributed by atoms with E-state index in [1.807, 2.05) is 31.2 Å². The Hall–Kier alpha value is -3.08. The van der Waals surface area contributed by atoms with Crippen LogP contribution in [0.15, 0.2) is 35.4 Å². The normalized spacial score (nSPS) is 18.8. The zero-order chi connectivity index (χ0) is 22.6. The van der Waals surface area contributed by atoms with Gasteiger partial charge in [-0.3, -0.25) is 4.79 Å². The number of aryl methyl sites for hydroxylation is 1. The highest BCUT2D eigenvalue weighted by atomic mass is 32.1. The maximum absolute atomic E-state index is 12.8. The topological polar surface area (TPSA) is 104 Å². The number of hydrazone groups is 1. The lowest BCUT2D eigenvalue weighted by atomic mass is 10.2. The van der Waals surface area contributed by atoms with Gasteiger partial charge in [-0.15, -0.1) is 11.3 Å². The molecule has 4 heterocycles. The van der Waals surface area contributed by atoms with Crippen LogP contribution in [0.5, 0.6) is 0 Å². The standard InChI is InChI=1S/C23H27N7O2S/c1-15-3-2-4-16(11-15)13-25-29-23-27-20(30-7-9-32-10-8-30)18-12-19(33-22(18)28-23)21(31)26-17-5-6-24-14-17/h2-4,11-13,17,24H,5-10,14H2,1H3,(H,26,31)(H,27,28,29)/b25-13+. The number of benzene rings is 1. The van der Waals surface area contributed by atoms with Gasteiger partial charge in [-0.2, -0.15) is 10.1 Å². The number of carbonyl (C=O) groups is 1. The van der Waals surface area contributed by atoms with Crippen molar-refractivity contribution in [3.8, 4) is 0 Å². The van der Waals surface area contributed by atoms with Crippen molar-refractivity contribution in [3.63, 3.8) is 0 Å². The van der Waals surface area contributed by atoms with E-state index in [0.717, 1.165) is 54.2 Å². The molecule has 172 valence electrons. The third kappa shape index (κ3) is 5.13. The maximum atomic E-state index is 12.8. The Bertz CT molecular complexity index is 1170. The zero-order valence-electron chi connectivity index (χ0n) is 18.5. The number of hydrogen-bond donors (Lipinski definition) is 3. The summed E-state index contributed by atoms with van der Waals surface area (Å²) >= 11 is 1.38. The first-order valence-electron chi connectivity index (χ1n) is 11.2. The summed E-state index contributed by atoms with van der Waals surface area (Å²) in [5.74, 6) is 1.14. The van der Waals surface area contributed by atoms with E-state index in [1.165, 1.54) is 16.9 Å². The van der Waals surface area contributed by atoms with Gasteiger partial charge in [-0.05, 0) is 31.5 Å². The summed E-state index contributed by atoms with van der Waals surface area (Å²) in [5, 5.41) is 11.6. The first-order chi connectivity index (χ1) is 16.2. The van der Waals surface area contributed by atoms with Crippen LogP contribution in [0.1, 0.15) is 27.2 Å². The Morgan fingerprint density at radius 2 is 2.18 bits per heavy atom. The summed E-state index contributed by atoms with van der Waals surface area (Å²) in [6, 6.07) is 10.2. The fraction of sp³-hybridized carbons (Fsp3) is 0.391. The van der Waals surface area contributed by atoms with Gasteiger partial charge >= 0.3 is 0 Å². The summed E-state index contributed by atoms with van der Waals surface area (Å²) < 4.78 is 5.51. The lowest BCUT2D eigenvalue weighted by Gasteiger charge is -2.28. The van der Waals surface area contributed by atoms with Gasteiger partial charge in [0.2, 0.25) is 5.95 Å². The number of amides is 1. The quantitative estimate of drug-likeness (QED) is 0.379. The highest BCUT2D eigenvalue weighted by molar-refractivity contribution is 7.20. The Kier molecular flexibility index (Phi) is 6.47. The minimum atomic E-state index is -0.0633. The molecule has 0 radical (unpaired) electrons. The van der Waals surface area contributed by atoms with Crippen LogP contribution >= 0.6 is 11.3 Å². The largest absolute Gasteiger partial charge is 0.378 e. The van der Waals surface area contributed by atoms with Gasteiger partial charge in [-0.25, -0.2) is 10.4 Å². The maximum Gasteiger partial charge on any atom is 0.261 e. The van der Waals surface area contributed by atoms with Crippen LogP contribution in [-0.4, -0.2) is 67.5 Å². The second-order valence-electron chi connectivity index (χ2n) is 8.25. The Balaban J connectivity index is 1.43. The first-order valence-corrected chi connectivity index (χ1v) is 12.0. The second kappa shape index (κ2) is 9.82. The number of ether oxygens (including phenoxy) is 1. The SMILES string of the molecule is Cc1cccc(/C=N/Nc2nc(N3CCOCC3)c3cc(C(=O)NC4CCNC4)sc3n2)c1. The van der Waals surface area contributed by atoms with E-state index in [-0.39, 0.29) is 11.9 Å². The number of aromatic nitrogens is 2. The monoisotopic (exact) mass is 465 g/mol. The molecule has 2 aromatic heterocycles. The number of morpholine rings is 1. The number of carbonyl (C=O) groups excluding carboxylic acids is 1. The molecule has 1 atom stereocenters. The summed E-state index contributed by atoms with van der Waals surface area (Å²) in [5.41, 5.74) is 5.13. The van der Waals surface area contributed by atoms with Gasteiger partial charge in [-0.1, -0.05) is 29.8 Å². The molecule has 0 bridgehead atoms. The predicted molar refractivity (Wildman–Crippen MR) is 132 cm³/mol. The molecule has 0 aliphatic carbocycles. The number of rotatable bonds is 6. The number of nitrogens with one attached hydrogen (secondary N) is 3. The van der Waals surface area contributed by atoms with Crippen molar-refractivity contribution in [2.24, 2.45) is 5.10 Å². The molecule has 0 spiro atoms. The van der Waals surface area contributed by atoms with Crippen molar-refractivity contribution in [3.05, 3.63) is 46.3 Å². The third-order valence-electron chi connectivity index (χ3n) is 5.72. The molecule has 1 aromatic carbocycles. The van der Waals surface area contributed by atoms with Crippen molar-refractivity contribution in [2.75, 3.05) is 49.7 Å². The van der Waals surface area contributed by atoms with Crippen molar-refractivity contribution in [2.45, 2.75) is 19.4 Å². The van der Waals surface area contributed by atoms with E-state index in [2.05, 4.69) is 37.1 Å². The van der Waals surface area contributed by atoms with Crippen LogP contribution in [-0.2, 0) is 4.74 Å². The molecular formula is C23H27N7O2S. The Labute approximate surface area is 196 Å². The molecule has 5 rings (SSSR count). The Morgan fingerprint density at radius 3 is 2.97 bits per heavy atom. The first kappa shape index (κ1) is 21.7. The van der Waals surface area contributed by atoms with Crippen molar-refractivity contribution in [1.29, 1.82) is 0 Å². The van der Waals surface area contributed by atoms with Crippen LogP contribution in [0, 0.1) is 6.92 Å². The average molecular weight is 466 g/mol. The number of nitrogens with zero attached hydrogens (tertiary/aromatic N) is 4. The molecule has 9 nitrogen and oxygen atoms in total. The summed E-state index contributed by atoms with van der Waals surface area (Å²) in [7, 11) is 0. The van der Waals surface area contributed by atoms with Crippen molar-refractivity contribution in [1.82, 2.24) is 20.6 Å². The van der Waals surface area contributed by atoms with E-state index in [4.69, 9.17) is 9.72 Å². The molecule has 33 heavy (non-hydrogen) atoms. The van der Waals surface area contributed by atoms with Crippen molar-refractivity contribution >= 4 is 45.4 Å². The summed E-state index contributed by atoms with van der Waals surface area (Å²) in [4.78, 5) is 25.8. The summed E-state index contributed by atoms with van der Waals surface area (Å²) in [6.07, 6.45) is 2.69. The highest BCUT2D eigenvalue weighted by Gasteiger charge is 2.23. The fourth-order valence-corrected chi connectivity index (χ4v) is 4.96. The molecule has 1 amide bonds. The van der Waals surface area contributed by atoms with Crippen LogP contribution in [0.25, 0.3) is 10.2 Å². The van der Waals surface area contributed by atoms with E-state index in [1.54, 1.807) is 6.21 Å². The molecule has 3 aromatic rings. The second-order valence-corrected chi connectivity index (χ2v) is 9.28. The molecule has 10 heteroatoms. The van der Waals surface area contributed by atoms with Crippen LogP contribution in [0.2, 0.25) is 0 Å².